The number of carbonyl (C=O) groups excluding carboxylic acids is 1. The number of carbonyl (C=O) groups is 1. The number of pyridine rings is 1. The summed E-state index contributed by atoms with van der Waals surface area (Å²) in [6, 6.07) is 10.5. The quantitative estimate of drug-likeness (QED) is 0.490. The van der Waals surface area contributed by atoms with Crippen molar-refractivity contribution >= 4 is 11.7 Å². The first kappa shape index (κ1) is 14.6. The molecular formula is C15H14N2O4. The van der Waals surface area contributed by atoms with Gasteiger partial charge in [0.15, 0.2) is 0 Å². The third-order valence-electron chi connectivity index (χ3n) is 2.86. The Kier molecular flexibility index (Phi) is 4.27. The lowest BCUT2D eigenvalue weighted by atomic mass is 10.0. The van der Waals surface area contributed by atoms with Crippen molar-refractivity contribution in [2.45, 2.75) is 13.8 Å². The molecule has 0 atom stereocenters. The van der Waals surface area contributed by atoms with Crippen LogP contribution >= 0.6 is 0 Å². The fraction of sp³-hybridized carbons (Fsp3) is 0.200. The van der Waals surface area contributed by atoms with Gasteiger partial charge in [-0.25, -0.2) is 9.78 Å². The molecule has 0 N–H and O–H groups in total. The normalized spacial score (nSPS) is 10.2. The summed E-state index contributed by atoms with van der Waals surface area (Å²) in [5.41, 5.74) is 0.935. The van der Waals surface area contributed by atoms with E-state index in [0.717, 1.165) is 0 Å². The number of rotatable bonds is 4. The zero-order chi connectivity index (χ0) is 15.4. The molecule has 0 saturated carbocycles. The number of aromatic nitrogens is 1. The number of benzene rings is 1. The molecule has 0 radical (unpaired) electrons. The zero-order valence-electron chi connectivity index (χ0n) is 11.7. The lowest BCUT2D eigenvalue weighted by Gasteiger charge is -2.08. The van der Waals surface area contributed by atoms with Gasteiger partial charge in [-0.05, 0) is 25.5 Å². The molecule has 6 nitrogen and oxygen atoms in total. The topological polar surface area (TPSA) is 82.3 Å². The minimum absolute atomic E-state index is 0.131. The molecule has 0 aliphatic heterocycles. The molecule has 108 valence electrons. The Balaban J connectivity index is 2.70. The number of aryl methyl sites for hydroxylation is 1. The Bertz CT molecular complexity index is 684. The van der Waals surface area contributed by atoms with Gasteiger partial charge in [-0.1, -0.05) is 30.3 Å². The molecule has 1 heterocycles. The molecule has 1 aromatic carbocycles. The molecule has 2 rings (SSSR count). The molecule has 0 spiro atoms. The first-order valence-corrected chi connectivity index (χ1v) is 6.43. The van der Waals surface area contributed by atoms with Gasteiger partial charge in [-0.2, -0.15) is 0 Å². The van der Waals surface area contributed by atoms with Gasteiger partial charge in [-0.15, -0.1) is 0 Å². The van der Waals surface area contributed by atoms with Gasteiger partial charge in [0.2, 0.25) is 5.69 Å². The standard InChI is InChI=1S/C15H14N2O4/c1-3-21-15(18)13-14(17(19)20)12(9-10(2)16-13)11-7-5-4-6-8-11/h4-9H,3H2,1-2H3. The van der Waals surface area contributed by atoms with Crippen LogP contribution in [0.1, 0.15) is 23.1 Å². The predicted octanol–water partition coefficient (Wildman–Crippen LogP) is 3.14. The highest BCUT2D eigenvalue weighted by Crippen LogP contribution is 2.33. The van der Waals surface area contributed by atoms with E-state index < -0.39 is 10.9 Å². The summed E-state index contributed by atoms with van der Waals surface area (Å²) < 4.78 is 4.86. The van der Waals surface area contributed by atoms with Crippen LogP contribution in [0.25, 0.3) is 11.1 Å². The fourth-order valence-corrected chi connectivity index (χ4v) is 2.03. The number of hydrogen-bond donors (Lipinski definition) is 0. The van der Waals surface area contributed by atoms with E-state index in [2.05, 4.69) is 4.98 Å². The van der Waals surface area contributed by atoms with Crippen molar-refractivity contribution in [3.05, 3.63) is 57.9 Å². The number of nitro groups is 1. The van der Waals surface area contributed by atoms with E-state index in [1.807, 2.05) is 6.07 Å². The van der Waals surface area contributed by atoms with E-state index in [1.54, 1.807) is 44.2 Å². The number of ether oxygens (including phenoxy) is 1. The highest BCUT2D eigenvalue weighted by atomic mass is 16.6. The molecule has 6 heteroatoms. The van der Waals surface area contributed by atoms with Crippen LogP contribution in [0.3, 0.4) is 0 Å². The second-order valence-corrected chi connectivity index (χ2v) is 4.35. The average molecular weight is 286 g/mol. The van der Waals surface area contributed by atoms with E-state index in [4.69, 9.17) is 4.74 Å². The molecule has 0 saturated heterocycles. The molecule has 1 aromatic heterocycles. The summed E-state index contributed by atoms with van der Waals surface area (Å²) >= 11 is 0. The fourth-order valence-electron chi connectivity index (χ4n) is 2.03. The van der Waals surface area contributed by atoms with Crippen molar-refractivity contribution in [3.8, 4) is 11.1 Å². The van der Waals surface area contributed by atoms with Crippen LogP contribution in [-0.4, -0.2) is 22.5 Å². The minimum atomic E-state index is -0.787. The number of esters is 1. The molecular weight excluding hydrogens is 272 g/mol. The van der Waals surface area contributed by atoms with Crippen LogP contribution in [0.4, 0.5) is 5.69 Å². The highest BCUT2D eigenvalue weighted by Gasteiger charge is 2.28. The molecule has 0 aliphatic carbocycles. The van der Waals surface area contributed by atoms with Gasteiger partial charge in [0.25, 0.3) is 0 Å². The maximum absolute atomic E-state index is 11.9. The Hall–Kier alpha value is -2.76. The van der Waals surface area contributed by atoms with Crippen molar-refractivity contribution in [2.75, 3.05) is 6.61 Å². The molecule has 0 aliphatic rings. The smallest absolute Gasteiger partial charge is 0.364 e. The first-order valence-electron chi connectivity index (χ1n) is 6.43. The van der Waals surface area contributed by atoms with Crippen LogP contribution < -0.4 is 0 Å². The number of nitrogens with zero attached hydrogens (tertiary/aromatic N) is 2. The summed E-state index contributed by atoms with van der Waals surface area (Å²) in [7, 11) is 0. The number of hydrogen-bond acceptors (Lipinski definition) is 5. The van der Waals surface area contributed by atoms with Crippen molar-refractivity contribution in [2.24, 2.45) is 0 Å². The molecule has 2 aromatic rings. The monoisotopic (exact) mass is 286 g/mol. The minimum Gasteiger partial charge on any atom is -0.461 e. The van der Waals surface area contributed by atoms with Crippen LogP contribution in [0.5, 0.6) is 0 Å². The summed E-state index contributed by atoms with van der Waals surface area (Å²) in [6.45, 7) is 3.45. The summed E-state index contributed by atoms with van der Waals surface area (Å²) in [5, 5.41) is 11.4. The Morgan fingerprint density at radius 1 is 1.33 bits per heavy atom. The van der Waals surface area contributed by atoms with Crippen molar-refractivity contribution < 1.29 is 14.5 Å². The van der Waals surface area contributed by atoms with Gasteiger partial charge >= 0.3 is 11.7 Å². The van der Waals surface area contributed by atoms with Gasteiger partial charge in [0, 0.05) is 5.69 Å². The summed E-state index contributed by atoms with van der Waals surface area (Å²) in [4.78, 5) is 26.7. The first-order chi connectivity index (χ1) is 10.0. The third kappa shape index (κ3) is 3.05. The van der Waals surface area contributed by atoms with E-state index in [1.165, 1.54) is 0 Å². The molecule has 0 unspecified atom stereocenters. The van der Waals surface area contributed by atoms with Crippen LogP contribution in [0.15, 0.2) is 36.4 Å². The lowest BCUT2D eigenvalue weighted by molar-refractivity contribution is -0.384. The summed E-state index contributed by atoms with van der Waals surface area (Å²) in [5.74, 6) is -0.787. The molecule has 0 amide bonds. The molecule has 0 bridgehead atoms. The molecule has 21 heavy (non-hydrogen) atoms. The Labute approximate surface area is 121 Å². The second kappa shape index (κ2) is 6.13. The van der Waals surface area contributed by atoms with Gasteiger partial charge in [0.05, 0.1) is 17.1 Å². The third-order valence-corrected chi connectivity index (χ3v) is 2.86. The van der Waals surface area contributed by atoms with E-state index in [9.17, 15) is 14.9 Å². The van der Waals surface area contributed by atoms with Crippen LogP contribution in [0, 0.1) is 17.0 Å². The SMILES string of the molecule is CCOC(=O)c1nc(C)cc(-c2ccccc2)c1[N+](=O)[O-]. The van der Waals surface area contributed by atoms with Crippen molar-refractivity contribution in [1.29, 1.82) is 0 Å². The van der Waals surface area contributed by atoms with E-state index in [0.29, 0.717) is 16.8 Å². The van der Waals surface area contributed by atoms with Gasteiger partial charge in [0.1, 0.15) is 0 Å². The highest BCUT2D eigenvalue weighted by molar-refractivity contribution is 5.95. The van der Waals surface area contributed by atoms with Crippen molar-refractivity contribution in [1.82, 2.24) is 4.98 Å². The average Bonchev–Trinajstić information content (AvgIpc) is 2.47. The zero-order valence-corrected chi connectivity index (χ0v) is 11.7. The lowest BCUT2D eigenvalue weighted by Crippen LogP contribution is -2.12. The largest absolute Gasteiger partial charge is 0.461 e. The Morgan fingerprint density at radius 3 is 2.57 bits per heavy atom. The van der Waals surface area contributed by atoms with E-state index in [-0.39, 0.29) is 18.0 Å². The molecule has 0 fully saturated rings. The van der Waals surface area contributed by atoms with Gasteiger partial charge < -0.3 is 4.74 Å². The summed E-state index contributed by atoms with van der Waals surface area (Å²) in [6.07, 6.45) is 0. The van der Waals surface area contributed by atoms with E-state index >= 15 is 0 Å². The van der Waals surface area contributed by atoms with Crippen LogP contribution in [-0.2, 0) is 4.74 Å². The predicted molar refractivity (Wildman–Crippen MR) is 77.0 cm³/mol. The maximum atomic E-state index is 11.9. The van der Waals surface area contributed by atoms with Gasteiger partial charge in [-0.3, -0.25) is 10.1 Å². The van der Waals surface area contributed by atoms with Crippen LogP contribution in [0.2, 0.25) is 0 Å². The maximum Gasteiger partial charge on any atom is 0.364 e. The van der Waals surface area contributed by atoms with Crippen molar-refractivity contribution in [3.63, 3.8) is 0 Å². The Morgan fingerprint density at radius 2 is 2.00 bits per heavy atom. The second-order valence-electron chi connectivity index (χ2n) is 4.35.